The van der Waals surface area contributed by atoms with Crippen LogP contribution in [0.25, 0.3) is 10.9 Å². The monoisotopic (exact) mass is 456 g/mol. The van der Waals surface area contributed by atoms with Crippen LogP contribution in [0.4, 0.5) is 0 Å². The third-order valence-electron chi connectivity index (χ3n) is 6.10. The molecule has 0 bridgehead atoms. The van der Waals surface area contributed by atoms with Crippen LogP contribution in [-0.4, -0.2) is 30.2 Å². The van der Waals surface area contributed by atoms with E-state index >= 15 is 0 Å². The number of aliphatic imine (C=N–C) groups is 1. The van der Waals surface area contributed by atoms with Gasteiger partial charge < -0.3 is 14.0 Å². The molecule has 0 amide bonds. The third-order valence-corrected chi connectivity index (χ3v) is 8.62. The number of benzene rings is 3. The molecule has 0 N–H and O–H groups in total. The smallest absolute Gasteiger partial charge is 0.219 e. The lowest BCUT2D eigenvalue weighted by atomic mass is 10.1. The molecule has 5 heteroatoms. The lowest BCUT2D eigenvalue weighted by molar-refractivity contribution is 0.137. The van der Waals surface area contributed by atoms with Crippen LogP contribution >= 0.6 is 7.92 Å². The normalized spacial score (nSPS) is 15.9. The summed E-state index contributed by atoms with van der Waals surface area (Å²) >= 11 is 0. The second-order valence-electron chi connectivity index (χ2n) is 8.62. The van der Waals surface area contributed by atoms with E-state index in [-0.39, 0.29) is 6.04 Å². The minimum Gasteiger partial charge on any atom is -0.475 e. The number of methoxy groups -OCH3 is 1. The van der Waals surface area contributed by atoms with Gasteiger partial charge in [0.15, 0.2) is 0 Å². The van der Waals surface area contributed by atoms with Crippen molar-refractivity contribution in [2.24, 2.45) is 10.9 Å². The predicted octanol–water partition coefficient (Wildman–Crippen LogP) is 4.80. The Hall–Kier alpha value is -2.94. The second-order valence-corrected chi connectivity index (χ2v) is 10.8. The number of ether oxygens (including phenoxy) is 2. The van der Waals surface area contributed by atoms with Crippen molar-refractivity contribution >= 4 is 40.8 Å². The van der Waals surface area contributed by atoms with Crippen molar-refractivity contribution in [3.05, 3.63) is 90.5 Å². The van der Waals surface area contributed by atoms with Crippen LogP contribution < -0.4 is 16.0 Å². The standard InChI is InChI=1S/C28H29N2O2P/c1-20(2)24-18-32-27(29-24)26-23-16-10-11-17-25(23)30(19-31-3)28(26)33(21-12-6-4-7-13-21)22-14-8-5-9-15-22/h4-17,20,24H,18-19H2,1-3H3/t24-/m1/s1. The molecule has 4 nitrogen and oxygen atoms in total. The molecule has 1 aromatic heterocycles. The van der Waals surface area contributed by atoms with Gasteiger partial charge in [-0.2, -0.15) is 0 Å². The Morgan fingerprint density at radius 3 is 2.12 bits per heavy atom. The molecule has 3 aromatic carbocycles. The van der Waals surface area contributed by atoms with Gasteiger partial charge in [0.2, 0.25) is 5.90 Å². The Bertz CT molecular complexity index is 1230. The fourth-order valence-corrected chi connectivity index (χ4v) is 6.98. The average Bonchev–Trinajstić information content (AvgIpc) is 3.45. The molecule has 1 aliphatic rings. The van der Waals surface area contributed by atoms with E-state index in [9.17, 15) is 0 Å². The molecule has 0 fully saturated rings. The minimum absolute atomic E-state index is 0.178. The average molecular weight is 457 g/mol. The maximum atomic E-state index is 6.28. The fourth-order valence-electron chi connectivity index (χ4n) is 4.41. The van der Waals surface area contributed by atoms with Crippen molar-refractivity contribution in [1.82, 2.24) is 4.57 Å². The number of para-hydroxylation sites is 1. The SMILES string of the molecule is COCn1c(P(c2ccccc2)c2ccccc2)c(C2=N[C@@H](C(C)C)CO2)c2ccccc21. The van der Waals surface area contributed by atoms with Gasteiger partial charge in [-0.1, -0.05) is 92.7 Å². The highest BCUT2D eigenvalue weighted by Gasteiger charge is 2.33. The zero-order valence-electron chi connectivity index (χ0n) is 19.3. The number of fused-ring (bicyclic) bond motifs is 1. The molecule has 5 rings (SSSR count). The number of aromatic nitrogens is 1. The summed E-state index contributed by atoms with van der Waals surface area (Å²) in [6.07, 6.45) is 0. The number of rotatable bonds is 7. The largest absolute Gasteiger partial charge is 0.475 e. The fraction of sp³-hybridized carbons (Fsp3) is 0.250. The maximum absolute atomic E-state index is 6.28. The summed E-state index contributed by atoms with van der Waals surface area (Å²) < 4.78 is 14.3. The molecule has 0 radical (unpaired) electrons. The van der Waals surface area contributed by atoms with E-state index in [1.165, 1.54) is 16.0 Å². The lowest BCUT2D eigenvalue weighted by Crippen LogP contribution is -2.30. The zero-order chi connectivity index (χ0) is 22.8. The molecule has 1 atom stereocenters. The molecule has 33 heavy (non-hydrogen) atoms. The summed E-state index contributed by atoms with van der Waals surface area (Å²) in [5.41, 5.74) is 3.46. The van der Waals surface area contributed by atoms with Gasteiger partial charge in [-0.3, -0.25) is 0 Å². The van der Waals surface area contributed by atoms with Crippen molar-refractivity contribution in [3.63, 3.8) is 0 Å². The van der Waals surface area contributed by atoms with Gasteiger partial charge in [0.05, 0.1) is 22.6 Å². The summed E-state index contributed by atoms with van der Waals surface area (Å²) in [5.74, 6) is 1.19. The quantitative estimate of drug-likeness (QED) is 0.375. The van der Waals surface area contributed by atoms with E-state index in [0.29, 0.717) is 19.3 Å². The first-order valence-corrected chi connectivity index (χ1v) is 12.7. The van der Waals surface area contributed by atoms with Crippen LogP contribution in [-0.2, 0) is 16.2 Å². The van der Waals surface area contributed by atoms with Gasteiger partial charge in [-0.05, 0) is 22.6 Å². The van der Waals surface area contributed by atoms with E-state index < -0.39 is 7.92 Å². The summed E-state index contributed by atoms with van der Waals surface area (Å²) in [4.78, 5) is 5.06. The number of hydrogen-bond acceptors (Lipinski definition) is 3. The van der Waals surface area contributed by atoms with Crippen LogP contribution in [0.15, 0.2) is 89.9 Å². The Kier molecular flexibility index (Phi) is 6.30. The molecule has 0 saturated heterocycles. The van der Waals surface area contributed by atoms with Crippen molar-refractivity contribution in [2.45, 2.75) is 26.6 Å². The molecular formula is C28H29N2O2P. The molecule has 0 aliphatic carbocycles. The van der Waals surface area contributed by atoms with Crippen LogP contribution in [0.3, 0.4) is 0 Å². The Morgan fingerprint density at radius 1 is 0.939 bits per heavy atom. The molecule has 168 valence electrons. The van der Waals surface area contributed by atoms with Gasteiger partial charge in [-0.15, -0.1) is 0 Å². The van der Waals surface area contributed by atoms with Crippen LogP contribution in [0.1, 0.15) is 19.4 Å². The van der Waals surface area contributed by atoms with E-state index in [1.807, 2.05) is 0 Å². The second kappa shape index (κ2) is 9.51. The van der Waals surface area contributed by atoms with Crippen molar-refractivity contribution in [2.75, 3.05) is 13.7 Å². The molecular weight excluding hydrogens is 427 g/mol. The zero-order valence-corrected chi connectivity index (χ0v) is 20.2. The Labute approximate surface area is 196 Å². The predicted molar refractivity (Wildman–Crippen MR) is 139 cm³/mol. The summed E-state index contributed by atoms with van der Waals surface area (Å²) in [6.45, 7) is 5.51. The first-order chi connectivity index (χ1) is 16.2. The molecule has 0 unspecified atom stereocenters. The minimum atomic E-state index is -0.870. The van der Waals surface area contributed by atoms with Gasteiger partial charge in [-0.25, -0.2) is 4.99 Å². The van der Waals surface area contributed by atoms with Crippen molar-refractivity contribution < 1.29 is 9.47 Å². The number of nitrogens with zero attached hydrogens (tertiary/aromatic N) is 2. The van der Waals surface area contributed by atoms with Crippen LogP contribution in [0.5, 0.6) is 0 Å². The van der Waals surface area contributed by atoms with Crippen molar-refractivity contribution in [1.29, 1.82) is 0 Å². The molecule has 0 spiro atoms. The summed E-state index contributed by atoms with van der Waals surface area (Å²) in [7, 11) is 0.884. The topological polar surface area (TPSA) is 35.8 Å². The first-order valence-electron chi connectivity index (χ1n) is 11.4. The van der Waals surface area contributed by atoms with Crippen LogP contribution in [0.2, 0.25) is 0 Å². The maximum Gasteiger partial charge on any atom is 0.219 e. The third kappa shape index (κ3) is 4.10. The van der Waals surface area contributed by atoms with Gasteiger partial charge in [0.25, 0.3) is 0 Å². The Balaban J connectivity index is 1.84. The summed E-state index contributed by atoms with van der Waals surface area (Å²) in [6, 6.07) is 30.2. The first kappa shape index (κ1) is 21.9. The lowest BCUT2D eigenvalue weighted by Gasteiger charge is -2.23. The number of hydrogen-bond donors (Lipinski definition) is 0. The van der Waals surface area contributed by atoms with E-state index in [2.05, 4.69) is 103 Å². The Morgan fingerprint density at radius 2 is 1.55 bits per heavy atom. The molecule has 1 aliphatic heterocycles. The van der Waals surface area contributed by atoms with Crippen LogP contribution in [0, 0.1) is 5.92 Å². The highest BCUT2D eigenvalue weighted by molar-refractivity contribution is 7.79. The van der Waals surface area contributed by atoms with Gasteiger partial charge in [0, 0.05) is 20.4 Å². The highest BCUT2D eigenvalue weighted by atomic mass is 31.1. The van der Waals surface area contributed by atoms with Gasteiger partial charge in [0.1, 0.15) is 13.3 Å². The molecule has 4 aromatic rings. The van der Waals surface area contributed by atoms with E-state index in [1.54, 1.807) is 7.11 Å². The highest BCUT2D eigenvalue weighted by Crippen LogP contribution is 2.39. The molecule has 2 heterocycles. The van der Waals surface area contributed by atoms with Gasteiger partial charge >= 0.3 is 0 Å². The van der Waals surface area contributed by atoms with E-state index in [4.69, 9.17) is 14.5 Å². The van der Waals surface area contributed by atoms with E-state index in [0.717, 1.165) is 22.4 Å². The van der Waals surface area contributed by atoms with Crippen molar-refractivity contribution in [3.8, 4) is 0 Å². The summed E-state index contributed by atoms with van der Waals surface area (Å²) in [5, 5.41) is 3.74. The molecule has 0 saturated carbocycles.